The van der Waals surface area contributed by atoms with Crippen molar-refractivity contribution >= 4 is 11.6 Å². The third kappa shape index (κ3) is 2.51. The van der Waals surface area contributed by atoms with E-state index in [1.165, 1.54) is 6.07 Å². The predicted molar refractivity (Wildman–Crippen MR) is 75.7 cm³/mol. The van der Waals surface area contributed by atoms with Gasteiger partial charge in [0.05, 0.1) is 17.7 Å². The molecule has 1 atom stereocenters. The Morgan fingerprint density at radius 3 is 3.00 bits per heavy atom. The molecule has 2 aromatic rings. The summed E-state index contributed by atoms with van der Waals surface area (Å²) >= 11 is 5.75. The second-order valence-corrected chi connectivity index (χ2v) is 5.31. The predicted octanol–water partition coefficient (Wildman–Crippen LogP) is 3.69. The minimum absolute atomic E-state index is 0.0806. The van der Waals surface area contributed by atoms with Crippen LogP contribution in [0, 0.1) is 5.82 Å². The molecule has 104 valence electrons. The van der Waals surface area contributed by atoms with Crippen molar-refractivity contribution in [2.75, 3.05) is 6.61 Å². The highest BCUT2D eigenvalue weighted by Gasteiger charge is 2.17. The van der Waals surface area contributed by atoms with E-state index in [1.54, 1.807) is 12.1 Å². The van der Waals surface area contributed by atoms with Gasteiger partial charge in [0.25, 0.3) is 0 Å². The first-order valence-corrected chi connectivity index (χ1v) is 6.89. The molecule has 20 heavy (non-hydrogen) atoms. The van der Waals surface area contributed by atoms with Crippen LogP contribution in [0.2, 0.25) is 5.02 Å². The number of hydrogen-bond acceptors (Lipinski definition) is 2. The molecule has 0 saturated heterocycles. The third-order valence-electron chi connectivity index (χ3n) is 3.54. The van der Waals surface area contributed by atoms with Crippen molar-refractivity contribution < 1.29 is 14.2 Å². The van der Waals surface area contributed by atoms with Gasteiger partial charge in [0.15, 0.2) is 0 Å². The van der Waals surface area contributed by atoms with Crippen LogP contribution in [0.4, 0.5) is 4.39 Å². The lowest BCUT2D eigenvalue weighted by Crippen LogP contribution is -2.04. The highest BCUT2D eigenvalue weighted by molar-refractivity contribution is 6.30. The SMILES string of the molecule is OC(Cc1cccc(Cl)c1F)c1ccc2c(c1)CCO2. The molecule has 1 aliphatic heterocycles. The molecule has 0 radical (unpaired) electrons. The lowest BCUT2D eigenvalue weighted by molar-refractivity contribution is 0.177. The van der Waals surface area contributed by atoms with Gasteiger partial charge in [-0.05, 0) is 34.9 Å². The lowest BCUT2D eigenvalue weighted by Gasteiger charge is -2.13. The Labute approximate surface area is 121 Å². The molecule has 0 aliphatic carbocycles. The maximum absolute atomic E-state index is 13.8. The fraction of sp³-hybridized carbons (Fsp3) is 0.250. The van der Waals surface area contributed by atoms with Crippen LogP contribution in [0.25, 0.3) is 0 Å². The summed E-state index contributed by atoms with van der Waals surface area (Å²) in [7, 11) is 0. The van der Waals surface area contributed by atoms with Crippen molar-refractivity contribution in [2.45, 2.75) is 18.9 Å². The Kier molecular flexibility index (Phi) is 3.64. The Balaban J connectivity index is 1.82. The highest BCUT2D eigenvalue weighted by atomic mass is 35.5. The number of aliphatic hydroxyl groups excluding tert-OH is 1. The summed E-state index contributed by atoms with van der Waals surface area (Å²) in [6.45, 7) is 0.678. The van der Waals surface area contributed by atoms with E-state index in [-0.39, 0.29) is 11.4 Å². The van der Waals surface area contributed by atoms with Crippen LogP contribution < -0.4 is 4.74 Å². The molecule has 0 fully saturated rings. The molecule has 0 bridgehead atoms. The number of halogens is 2. The van der Waals surface area contributed by atoms with Gasteiger partial charge < -0.3 is 9.84 Å². The minimum Gasteiger partial charge on any atom is -0.493 e. The van der Waals surface area contributed by atoms with Crippen molar-refractivity contribution in [3.63, 3.8) is 0 Å². The fourth-order valence-electron chi connectivity index (χ4n) is 2.45. The summed E-state index contributed by atoms with van der Waals surface area (Å²) < 4.78 is 19.3. The molecule has 1 heterocycles. The minimum atomic E-state index is -0.756. The molecular weight excluding hydrogens is 279 g/mol. The summed E-state index contributed by atoms with van der Waals surface area (Å²) in [4.78, 5) is 0. The normalized spacial score (nSPS) is 14.8. The van der Waals surface area contributed by atoms with Gasteiger partial charge in [-0.25, -0.2) is 4.39 Å². The number of hydrogen-bond donors (Lipinski definition) is 1. The molecule has 0 saturated carbocycles. The van der Waals surface area contributed by atoms with Gasteiger partial charge in [0.2, 0.25) is 0 Å². The zero-order valence-electron chi connectivity index (χ0n) is 10.8. The van der Waals surface area contributed by atoms with Gasteiger partial charge in [-0.2, -0.15) is 0 Å². The Hall–Kier alpha value is -1.58. The molecule has 1 N–H and O–H groups in total. The molecule has 0 aromatic heterocycles. The molecule has 2 nitrogen and oxygen atoms in total. The first-order chi connectivity index (χ1) is 9.65. The molecule has 0 spiro atoms. The van der Waals surface area contributed by atoms with Gasteiger partial charge in [-0.15, -0.1) is 0 Å². The molecular formula is C16H14ClFO2. The fourth-order valence-corrected chi connectivity index (χ4v) is 2.64. The molecule has 3 rings (SSSR count). The second kappa shape index (κ2) is 5.43. The Morgan fingerprint density at radius 1 is 1.30 bits per heavy atom. The van der Waals surface area contributed by atoms with E-state index >= 15 is 0 Å². The van der Waals surface area contributed by atoms with Crippen LogP contribution in [0.1, 0.15) is 22.8 Å². The van der Waals surface area contributed by atoms with Crippen molar-refractivity contribution in [3.05, 3.63) is 63.9 Å². The second-order valence-electron chi connectivity index (χ2n) is 4.90. The van der Waals surface area contributed by atoms with Crippen LogP contribution in [-0.2, 0) is 12.8 Å². The van der Waals surface area contributed by atoms with Crippen molar-refractivity contribution in [1.29, 1.82) is 0 Å². The van der Waals surface area contributed by atoms with Gasteiger partial charge in [-0.3, -0.25) is 0 Å². The lowest BCUT2D eigenvalue weighted by atomic mass is 9.99. The number of fused-ring (bicyclic) bond motifs is 1. The quantitative estimate of drug-likeness (QED) is 0.935. The van der Waals surface area contributed by atoms with Gasteiger partial charge in [-0.1, -0.05) is 29.8 Å². The molecule has 4 heteroatoms. The molecule has 0 amide bonds. The number of benzene rings is 2. The van der Waals surface area contributed by atoms with E-state index in [0.29, 0.717) is 12.2 Å². The zero-order chi connectivity index (χ0) is 14.1. The van der Waals surface area contributed by atoms with Crippen LogP contribution in [0.3, 0.4) is 0 Å². The summed E-state index contributed by atoms with van der Waals surface area (Å²) in [6, 6.07) is 10.4. The largest absolute Gasteiger partial charge is 0.493 e. The van der Waals surface area contributed by atoms with E-state index in [9.17, 15) is 9.50 Å². The maximum Gasteiger partial charge on any atom is 0.145 e. The van der Waals surface area contributed by atoms with E-state index in [4.69, 9.17) is 16.3 Å². The summed E-state index contributed by atoms with van der Waals surface area (Å²) in [5, 5.41) is 10.4. The van der Waals surface area contributed by atoms with E-state index in [0.717, 1.165) is 23.3 Å². The average molecular weight is 293 g/mol. The maximum atomic E-state index is 13.8. The Morgan fingerprint density at radius 2 is 2.15 bits per heavy atom. The zero-order valence-corrected chi connectivity index (χ0v) is 11.5. The van der Waals surface area contributed by atoms with E-state index in [1.807, 2.05) is 18.2 Å². The van der Waals surface area contributed by atoms with Gasteiger partial charge in [0, 0.05) is 12.8 Å². The van der Waals surface area contributed by atoms with Crippen LogP contribution in [-0.4, -0.2) is 11.7 Å². The van der Waals surface area contributed by atoms with Crippen LogP contribution in [0.5, 0.6) is 5.75 Å². The van der Waals surface area contributed by atoms with Gasteiger partial charge in [0.1, 0.15) is 11.6 Å². The number of ether oxygens (including phenoxy) is 1. The van der Waals surface area contributed by atoms with Crippen LogP contribution in [0.15, 0.2) is 36.4 Å². The average Bonchev–Trinajstić information content (AvgIpc) is 2.91. The van der Waals surface area contributed by atoms with Crippen molar-refractivity contribution in [3.8, 4) is 5.75 Å². The Bertz CT molecular complexity index is 642. The topological polar surface area (TPSA) is 29.5 Å². The summed E-state index contributed by atoms with van der Waals surface area (Å²) in [5.41, 5.74) is 2.28. The van der Waals surface area contributed by atoms with E-state index < -0.39 is 11.9 Å². The molecule has 2 aromatic carbocycles. The first kappa shape index (κ1) is 13.4. The van der Waals surface area contributed by atoms with E-state index in [2.05, 4.69) is 0 Å². The third-order valence-corrected chi connectivity index (χ3v) is 3.84. The highest BCUT2D eigenvalue weighted by Crippen LogP contribution is 2.30. The first-order valence-electron chi connectivity index (χ1n) is 6.52. The summed E-state index contributed by atoms with van der Waals surface area (Å²) in [6.07, 6.45) is 0.293. The monoisotopic (exact) mass is 292 g/mol. The van der Waals surface area contributed by atoms with Crippen molar-refractivity contribution in [1.82, 2.24) is 0 Å². The number of aliphatic hydroxyl groups is 1. The van der Waals surface area contributed by atoms with Crippen LogP contribution >= 0.6 is 11.6 Å². The number of rotatable bonds is 3. The van der Waals surface area contributed by atoms with Crippen molar-refractivity contribution in [2.24, 2.45) is 0 Å². The standard InChI is InChI=1S/C16H14ClFO2/c17-13-3-1-2-12(16(13)18)9-14(19)10-4-5-15-11(8-10)6-7-20-15/h1-5,8,14,19H,6-7,9H2. The molecule has 1 aliphatic rings. The van der Waals surface area contributed by atoms with Gasteiger partial charge >= 0.3 is 0 Å². The smallest absolute Gasteiger partial charge is 0.145 e. The molecule has 1 unspecified atom stereocenters. The summed E-state index contributed by atoms with van der Waals surface area (Å²) in [5.74, 6) is 0.410.